The van der Waals surface area contributed by atoms with E-state index in [0.29, 0.717) is 39.4 Å². The highest BCUT2D eigenvalue weighted by atomic mass is 35.5. The zero-order valence-electron chi connectivity index (χ0n) is 10.9. The highest BCUT2D eigenvalue weighted by molar-refractivity contribution is 7.15. The number of benzene rings is 1. The predicted octanol–water partition coefficient (Wildman–Crippen LogP) is 4.73. The van der Waals surface area contributed by atoms with Crippen LogP contribution in [0.1, 0.15) is 23.4 Å². The normalized spacial score (nSPS) is 15.4. The highest BCUT2D eigenvalue weighted by Crippen LogP contribution is 2.37. The van der Waals surface area contributed by atoms with Gasteiger partial charge in [-0.2, -0.15) is 13.2 Å². The van der Waals surface area contributed by atoms with Gasteiger partial charge in [0.25, 0.3) is 0 Å². The molecule has 0 radical (unpaired) electrons. The van der Waals surface area contributed by atoms with Gasteiger partial charge in [-0.1, -0.05) is 17.7 Å². The number of hydrogen-bond acceptors (Lipinski definition) is 3. The predicted molar refractivity (Wildman–Crippen MR) is 77.4 cm³/mol. The lowest BCUT2D eigenvalue weighted by atomic mass is 10.1. The van der Waals surface area contributed by atoms with Crippen LogP contribution < -0.4 is 5.32 Å². The van der Waals surface area contributed by atoms with Crippen LogP contribution in [0.3, 0.4) is 0 Å². The second-order valence-corrected chi connectivity index (χ2v) is 6.43. The van der Waals surface area contributed by atoms with Crippen molar-refractivity contribution in [2.75, 3.05) is 0 Å². The molecule has 0 atom stereocenters. The van der Waals surface area contributed by atoms with E-state index >= 15 is 0 Å². The molecule has 1 N–H and O–H groups in total. The minimum atomic E-state index is -4.40. The maximum atomic E-state index is 12.6. The summed E-state index contributed by atoms with van der Waals surface area (Å²) in [6.45, 7) is 0.627. The first kappa shape index (κ1) is 14.8. The summed E-state index contributed by atoms with van der Waals surface area (Å²) in [6, 6.07) is 5.81. The molecule has 0 saturated heterocycles. The maximum Gasteiger partial charge on any atom is 0.443 e. The molecule has 1 heterocycles. The summed E-state index contributed by atoms with van der Waals surface area (Å²) in [5, 5.41) is 3.13. The summed E-state index contributed by atoms with van der Waals surface area (Å²) in [7, 11) is 0. The molecular weight excluding hydrogens is 321 g/mol. The van der Waals surface area contributed by atoms with Gasteiger partial charge in [-0.25, -0.2) is 4.98 Å². The van der Waals surface area contributed by atoms with Crippen molar-refractivity contribution in [2.45, 2.75) is 31.6 Å². The number of aromatic nitrogens is 1. The Balaban J connectivity index is 1.84. The van der Waals surface area contributed by atoms with Gasteiger partial charge in [0.1, 0.15) is 0 Å². The molecule has 112 valence electrons. The molecule has 1 aliphatic carbocycles. The second kappa shape index (κ2) is 5.59. The molecule has 0 spiro atoms. The average Bonchev–Trinajstić information content (AvgIpc) is 3.10. The van der Waals surface area contributed by atoms with Gasteiger partial charge in [-0.3, -0.25) is 0 Å². The van der Waals surface area contributed by atoms with E-state index in [1.807, 2.05) is 6.07 Å². The third kappa shape index (κ3) is 3.56. The van der Waals surface area contributed by atoms with Gasteiger partial charge in [0, 0.05) is 23.8 Å². The Labute approximate surface area is 129 Å². The fourth-order valence-electron chi connectivity index (χ4n) is 1.94. The molecule has 3 rings (SSSR count). The minimum Gasteiger partial charge on any atom is -0.310 e. The number of alkyl halides is 3. The van der Waals surface area contributed by atoms with Gasteiger partial charge in [0.05, 0.1) is 4.88 Å². The van der Waals surface area contributed by atoms with Crippen LogP contribution in [0.5, 0.6) is 0 Å². The number of hydrogen-bond donors (Lipinski definition) is 1. The molecule has 0 amide bonds. The SMILES string of the molecule is FC(F)(F)c1ncc(-c2ccc(Cl)c(CNC3CC3)c2)s1. The van der Waals surface area contributed by atoms with Crippen LogP contribution in [0.4, 0.5) is 13.2 Å². The van der Waals surface area contributed by atoms with Gasteiger partial charge in [0.2, 0.25) is 0 Å². The summed E-state index contributed by atoms with van der Waals surface area (Å²) in [5.74, 6) is 0. The standard InChI is InChI=1S/C14H12ClF3N2S/c15-11-4-1-8(5-9(11)6-19-10-2-3-10)12-7-20-13(21-12)14(16,17)18/h1,4-5,7,10,19H,2-3,6H2. The molecule has 1 saturated carbocycles. The summed E-state index contributed by atoms with van der Waals surface area (Å²) >= 11 is 6.78. The van der Waals surface area contributed by atoms with Gasteiger partial charge >= 0.3 is 6.18 Å². The van der Waals surface area contributed by atoms with Crippen molar-refractivity contribution in [3.8, 4) is 10.4 Å². The molecule has 0 bridgehead atoms. The van der Waals surface area contributed by atoms with E-state index in [1.165, 1.54) is 19.0 Å². The Morgan fingerprint density at radius 1 is 1.33 bits per heavy atom. The Morgan fingerprint density at radius 3 is 2.71 bits per heavy atom. The molecule has 0 aliphatic heterocycles. The van der Waals surface area contributed by atoms with E-state index in [1.54, 1.807) is 12.1 Å². The van der Waals surface area contributed by atoms with E-state index in [4.69, 9.17) is 11.6 Å². The van der Waals surface area contributed by atoms with Crippen molar-refractivity contribution in [1.82, 2.24) is 10.3 Å². The quantitative estimate of drug-likeness (QED) is 0.875. The Hall–Kier alpha value is -1.11. The second-order valence-electron chi connectivity index (χ2n) is 4.99. The van der Waals surface area contributed by atoms with Crippen molar-refractivity contribution in [3.63, 3.8) is 0 Å². The average molecular weight is 333 g/mol. The number of halogens is 4. The van der Waals surface area contributed by atoms with Crippen molar-refractivity contribution in [2.24, 2.45) is 0 Å². The topological polar surface area (TPSA) is 24.9 Å². The first-order valence-corrected chi connectivity index (χ1v) is 7.68. The van der Waals surface area contributed by atoms with Crippen molar-refractivity contribution in [3.05, 3.63) is 40.0 Å². The largest absolute Gasteiger partial charge is 0.443 e. The van der Waals surface area contributed by atoms with Gasteiger partial charge < -0.3 is 5.32 Å². The lowest BCUT2D eigenvalue weighted by Crippen LogP contribution is -2.15. The molecule has 1 aromatic heterocycles. The van der Waals surface area contributed by atoms with E-state index in [2.05, 4.69) is 10.3 Å². The Bertz CT molecular complexity index is 650. The Morgan fingerprint density at radius 2 is 2.10 bits per heavy atom. The zero-order valence-corrected chi connectivity index (χ0v) is 12.4. The monoisotopic (exact) mass is 332 g/mol. The van der Waals surface area contributed by atoms with Gasteiger partial charge in [-0.15, -0.1) is 11.3 Å². The third-order valence-corrected chi connectivity index (χ3v) is 4.70. The number of nitrogens with zero attached hydrogens (tertiary/aromatic N) is 1. The third-order valence-electron chi connectivity index (χ3n) is 3.24. The lowest BCUT2D eigenvalue weighted by Gasteiger charge is -2.07. The molecule has 7 heteroatoms. The molecular formula is C14H12ClF3N2S. The van der Waals surface area contributed by atoms with Crippen LogP contribution in [-0.4, -0.2) is 11.0 Å². The number of nitrogens with one attached hydrogen (secondary N) is 1. The molecule has 0 unspecified atom stereocenters. The van der Waals surface area contributed by atoms with E-state index in [-0.39, 0.29) is 0 Å². The molecule has 21 heavy (non-hydrogen) atoms. The fraction of sp³-hybridized carbons (Fsp3) is 0.357. The minimum absolute atomic E-state index is 0.492. The van der Waals surface area contributed by atoms with Gasteiger partial charge in [-0.05, 0) is 36.1 Å². The van der Waals surface area contributed by atoms with Crippen LogP contribution in [0.15, 0.2) is 24.4 Å². The number of thiazole rings is 1. The highest BCUT2D eigenvalue weighted by Gasteiger charge is 2.34. The summed E-state index contributed by atoms with van der Waals surface area (Å²) in [5.41, 5.74) is 1.60. The summed E-state index contributed by atoms with van der Waals surface area (Å²) in [4.78, 5) is 3.94. The van der Waals surface area contributed by atoms with Crippen molar-refractivity contribution in [1.29, 1.82) is 0 Å². The molecule has 2 nitrogen and oxygen atoms in total. The van der Waals surface area contributed by atoms with E-state index in [9.17, 15) is 13.2 Å². The van der Waals surface area contributed by atoms with Crippen LogP contribution >= 0.6 is 22.9 Å². The fourth-order valence-corrected chi connectivity index (χ4v) is 2.91. The van der Waals surface area contributed by atoms with Crippen LogP contribution in [0.25, 0.3) is 10.4 Å². The molecule has 1 aromatic carbocycles. The first-order chi connectivity index (χ1) is 9.93. The van der Waals surface area contributed by atoms with Crippen LogP contribution in [-0.2, 0) is 12.7 Å². The summed E-state index contributed by atoms with van der Waals surface area (Å²) in [6.07, 6.45) is -0.803. The molecule has 1 fully saturated rings. The van der Waals surface area contributed by atoms with E-state index < -0.39 is 11.2 Å². The van der Waals surface area contributed by atoms with Crippen molar-refractivity contribution >= 4 is 22.9 Å². The van der Waals surface area contributed by atoms with Gasteiger partial charge in [0.15, 0.2) is 5.01 Å². The smallest absolute Gasteiger partial charge is 0.310 e. The van der Waals surface area contributed by atoms with Crippen LogP contribution in [0.2, 0.25) is 5.02 Å². The summed E-state index contributed by atoms with van der Waals surface area (Å²) < 4.78 is 37.8. The Kier molecular flexibility index (Phi) is 3.94. The van der Waals surface area contributed by atoms with Crippen LogP contribution in [0, 0.1) is 0 Å². The zero-order chi connectivity index (χ0) is 15.0. The molecule has 1 aliphatic rings. The lowest BCUT2D eigenvalue weighted by molar-refractivity contribution is -0.137. The first-order valence-electron chi connectivity index (χ1n) is 6.48. The van der Waals surface area contributed by atoms with E-state index in [0.717, 1.165) is 5.56 Å². The number of rotatable bonds is 4. The maximum absolute atomic E-state index is 12.6. The molecule has 2 aromatic rings. The van der Waals surface area contributed by atoms with Crippen molar-refractivity contribution < 1.29 is 13.2 Å².